The maximum Gasteiger partial charge on any atom is 0.193 e. The molecule has 23 heavy (non-hydrogen) atoms. The lowest BCUT2D eigenvalue weighted by atomic mass is 9.68. The summed E-state index contributed by atoms with van der Waals surface area (Å²) in [5.41, 5.74) is 4.39. The van der Waals surface area contributed by atoms with E-state index in [1.54, 1.807) is 0 Å². The van der Waals surface area contributed by atoms with E-state index in [0.717, 1.165) is 31.2 Å². The van der Waals surface area contributed by atoms with Gasteiger partial charge in [0.25, 0.3) is 0 Å². The van der Waals surface area contributed by atoms with Crippen molar-refractivity contribution < 1.29 is 0 Å². The van der Waals surface area contributed by atoms with E-state index in [-0.39, 0.29) is 24.0 Å². The Hall–Kier alpha value is -0.790. The zero-order valence-corrected chi connectivity index (χ0v) is 17.2. The minimum Gasteiger partial charge on any atom is -0.356 e. The topological polar surface area (TPSA) is 45.5 Å². The maximum absolute atomic E-state index is 4.49. The lowest BCUT2D eigenvalue weighted by Gasteiger charge is -2.38. The van der Waals surface area contributed by atoms with Crippen molar-refractivity contribution in [1.29, 1.82) is 0 Å². The molecule has 0 radical (unpaired) electrons. The average molecular weight is 431 g/mol. The number of nitrogens with one attached hydrogen (secondary N) is 1. The number of rotatable bonds is 3. The second kappa shape index (κ2) is 7.40. The second-order valence-corrected chi connectivity index (χ2v) is 7.02. The molecule has 0 bridgehead atoms. The molecule has 1 aliphatic heterocycles. The van der Waals surface area contributed by atoms with Gasteiger partial charge < -0.3 is 10.2 Å². The van der Waals surface area contributed by atoms with Gasteiger partial charge in [-0.2, -0.15) is 5.10 Å². The van der Waals surface area contributed by atoms with E-state index in [4.69, 9.17) is 0 Å². The van der Waals surface area contributed by atoms with E-state index in [1.807, 2.05) is 18.8 Å². The largest absolute Gasteiger partial charge is 0.356 e. The summed E-state index contributed by atoms with van der Waals surface area (Å²) < 4.78 is 1.97. The summed E-state index contributed by atoms with van der Waals surface area (Å²) in [4.78, 5) is 6.93. The molecule has 1 saturated heterocycles. The van der Waals surface area contributed by atoms with Gasteiger partial charge in [0.1, 0.15) is 0 Å². The Morgan fingerprint density at radius 1 is 1.30 bits per heavy atom. The van der Waals surface area contributed by atoms with E-state index in [9.17, 15) is 0 Å². The molecular weight excluding hydrogens is 401 g/mol. The highest BCUT2D eigenvalue weighted by atomic mass is 127. The first-order valence-corrected chi connectivity index (χ1v) is 8.49. The van der Waals surface area contributed by atoms with E-state index in [0.29, 0.717) is 5.41 Å². The fraction of sp³-hybridized carbons (Fsp3) is 0.765. The van der Waals surface area contributed by atoms with Crippen molar-refractivity contribution in [3.05, 3.63) is 17.0 Å². The van der Waals surface area contributed by atoms with Crippen LogP contribution in [0.15, 0.2) is 4.99 Å². The number of hydrogen-bond acceptors (Lipinski definition) is 2. The van der Waals surface area contributed by atoms with E-state index >= 15 is 0 Å². The van der Waals surface area contributed by atoms with Crippen LogP contribution in [0.2, 0.25) is 0 Å². The molecule has 2 aliphatic rings. The number of aromatic nitrogens is 2. The number of hydrogen-bond donors (Lipinski definition) is 1. The highest BCUT2D eigenvalue weighted by Crippen LogP contribution is 2.47. The Morgan fingerprint density at radius 3 is 2.52 bits per heavy atom. The summed E-state index contributed by atoms with van der Waals surface area (Å²) in [6, 6.07) is 0. The Labute approximate surface area is 156 Å². The molecule has 1 aromatic rings. The van der Waals surface area contributed by atoms with Crippen LogP contribution in [0.3, 0.4) is 0 Å². The molecule has 0 atom stereocenters. The molecule has 0 amide bonds. The summed E-state index contributed by atoms with van der Waals surface area (Å²) in [5.74, 6) is 1.07. The Kier molecular flexibility index (Phi) is 5.97. The van der Waals surface area contributed by atoms with Crippen molar-refractivity contribution in [2.75, 3.05) is 26.7 Å². The molecule has 5 nitrogen and oxygen atoms in total. The van der Waals surface area contributed by atoms with Crippen molar-refractivity contribution in [3.63, 3.8) is 0 Å². The number of halogens is 1. The summed E-state index contributed by atoms with van der Waals surface area (Å²) in [7, 11) is 3.91. The predicted octanol–water partition coefficient (Wildman–Crippen LogP) is 2.65. The molecule has 2 heterocycles. The number of likely N-dealkylation sites (tertiary alicyclic amines) is 1. The number of nitrogens with zero attached hydrogens (tertiary/aromatic N) is 4. The van der Waals surface area contributed by atoms with Gasteiger partial charge >= 0.3 is 0 Å². The van der Waals surface area contributed by atoms with Crippen LogP contribution in [0.5, 0.6) is 0 Å². The summed E-state index contributed by atoms with van der Waals surface area (Å²) in [6.07, 6.45) is 6.58. The maximum atomic E-state index is 4.49. The van der Waals surface area contributed by atoms with Crippen LogP contribution in [0.25, 0.3) is 0 Å². The van der Waals surface area contributed by atoms with E-state index in [1.165, 1.54) is 43.5 Å². The van der Waals surface area contributed by atoms with Gasteiger partial charge in [-0.3, -0.25) is 9.67 Å². The molecule has 1 saturated carbocycles. The molecule has 1 N–H and O–H groups in total. The van der Waals surface area contributed by atoms with Crippen LogP contribution >= 0.6 is 24.0 Å². The van der Waals surface area contributed by atoms with E-state index < -0.39 is 0 Å². The molecule has 130 valence electrons. The molecule has 2 fully saturated rings. The van der Waals surface area contributed by atoms with Crippen molar-refractivity contribution in [2.24, 2.45) is 17.5 Å². The monoisotopic (exact) mass is 431 g/mol. The first kappa shape index (κ1) is 18.5. The third-order valence-electron chi connectivity index (χ3n) is 5.68. The molecule has 1 aliphatic carbocycles. The summed E-state index contributed by atoms with van der Waals surface area (Å²) in [5, 5.41) is 8.04. The van der Waals surface area contributed by atoms with Crippen LogP contribution in [-0.4, -0.2) is 47.3 Å². The van der Waals surface area contributed by atoms with Crippen LogP contribution < -0.4 is 5.32 Å². The quantitative estimate of drug-likeness (QED) is 0.455. The number of guanidine groups is 1. The molecule has 6 heteroatoms. The fourth-order valence-electron chi connectivity index (χ4n) is 4.01. The highest BCUT2D eigenvalue weighted by molar-refractivity contribution is 14.0. The van der Waals surface area contributed by atoms with Crippen molar-refractivity contribution in [3.8, 4) is 0 Å². The van der Waals surface area contributed by atoms with Gasteiger partial charge in [0, 0.05) is 39.4 Å². The smallest absolute Gasteiger partial charge is 0.193 e. The van der Waals surface area contributed by atoms with Gasteiger partial charge in [0.05, 0.1) is 5.69 Å². The van der Waals surface area contributed by atoms with Crippen LogP contribution in [-0.2, 0) is 13.5 Å². The number of aryl methyl sites for hydroxylation is 2. The molecule has 1 spiro atoms. The minimum absolute atomic E-state index is 0. The standard InChI is InChI=1S/C17H29N5.HI/c1-13-15(14(2)21(4)20-13)6-10-19-16(18-3)22-11-9-17(12-22)7-5-8-17;/h5-12H2,1-4H3,(H,18,19);1H. The van der Waals surface area contributed by atoms with Gasteiger partial charge in [-0.05, 0) is 50.5 Å². The molecule has 0 aromatic carbocycles. The average Bonchev–Trinajstić information content (AvgIpc) is 3.00. The highest BCUT2D eigenvalue weighted by Gasteiger charge is 2.43. The molecular formula is C17H30IN5. The van der Waals surface area contributed by atoms with Crippen LogP contribution in [0.1, 0.15) is 42.6 Å². The molecule has 0 unspecified atom stereocenters. The van der Waals surface area contributed by atoms with E-state index in [2.05, 4.69) is 34.2 Å². The number of aliphatic imine (C=N–C) groups is 1. The molecule has 3 rings (SSSR count). The molecule has 1 aromatic heterocycles. The normalized spacial score (nSPS) is 19.7. The lowest BCUT2D eigenvalue weighted by molar-refractivity contribution is 0.151. The van der Waals surface area contributed by atoms with Crippen molar-refractivity contribution >= 4 is 29.9 Å². The van der Waals surface area contributed by atoms with Crippen LogP contribution in [0.4, 0.5) is 0 Å². The van der Waals surface area contributed by atoms with Gasteiger partial charge in [0.2, 0.25) is 0 Å². The summed E-state index contributed by atoms with van der Waals surface area (Å²) in [6.45, 7) is 7.51. The van der Waals surface area contributed by atoms with Crippen molar-refractivity contribution in [1.82, 2.24) is 20.0 Å². The lowest BCUT2D eigenvalue weighted by Crippen LogP contribution is -2.43. The zero-order valence-electron chi connectivity index (χ0n) is 14.9. The van der Waals surface area contributed by atoms with Gasteiger partial charge in [-0.15, -0.1) is 24.0 Å². The Morgan fingerprint density at radius 2 is 2.04 bits per heavy atom. The Balaban J connectivity index is 0.00000192. The third-order valence-corrected chi connectivity index (χ3v) is 5.68. The summed E-state index contributed by atoms with van der Waals surface area (Å²) >= 11 is 0. The van der Waals surface area contributed by atoms with Crippen LogP contribution in [0, 0.1) is 19.3 Å². The Bertz CT molecular complexity index is 574. The van der Waals surface area contributed by atoms with Gasteiger partial charge in [-0.1, -0.05) is 6.42 Å². The fourth-order valence-corrected chi connectivity index (χ4v) is 4.01. The zero-order chi connectivity index (χ0) is 15.7. The first-order chi connectivity index (χ1) is 10.5. The van der Waals surface area contributed by atoms with Gasteiger partial charge in [0.15, 0.2) is 5.96 Å². The first-order valence-electron chi connectivity index (χ1n) is 8.49. The predicted molar refractivity (Wildman–Crippen MR) is 106 cm³/mol. The van der Waals surface area contributed by atoms with Gasteiger partial charge in [-0.25, -0.2) is 0 Å². The minimum atomic E-state index is 0. The third kappa shape index (κ3) is 3.67. The SMILES string of the molecule is CN=C(NCCc1c(C)nn(C)c1C)N1CCC2(CCC2)C1.I. The van der Waals surface area contributed by atoms with Crippen molar-refractivity contribution in [2.45, 2.75) is 46.0 Å². The second-order valence-electron chi connectivity index (χ2n) is 7.02.